The monoisotopic (exact) mass is 532 g/mol. The maximum atomic E-state index is 13.0. The molecule has 9 nitrogen and oxygen atoms in total. The van der Waals surface area contributed by atoms with Crippen LogP contribution in [0.2, 0.25) is 0 Å². The van der Waals surface area contributed by atoms with Gasteiger partial charge in [-0.1, -0.05) is 60.7 Å². The van der Waals surface area contributed by atoms with Gasteiger partial charge in [0.05, 0.1) is 23.3 Å². The summed E-state index contributed by atoms with van der Waals surface area (Å²) in [7, 11) is 0. The quantitative estimate of drug-likeness (QED) is 0.237. The zero-order valence-electron chi connectivity index (χ0n) is 21.0. The highest BCUT2D eigenvalue weighted by molar-refractivity contribution is 5.90. The fourth-order valence-corrected chi connectivity index (χ4v) is 4.01. The smallest absolute Gasteiger partial charge is 0.338 e. The fraction of sp³-hybridized carbons (Fsp3) is 0.233. The highest BCUT2D eigenvalue weighted by Gasteiger charge is 2.51. The summed E-state index contributed by atoms with van der Waals surface area (Å²) in [5.74, 6) is -2.08. The summed E-state index contributed by atoms with van der Waals surface area (Å²) < 4.78 is 28.4. The molecule has 4 rings (SSSR count). The third-order valence-corrected chi connectivity index (χ3v) is 5.91. The number of benzene rings is 3. The summed E-state index contributed by atoms with van der Waals surface area (Å²) >= 11 is 0. The van der Waals surface area contributed by atoms with Gasteiger partial charge in [0, 0.05) is 0 Å². The summed E-state index contributed by atoms with van der Waals surface area (Å²) in [5.41, 5.74) is 0.800. The molecule has 1 fully saturated rings. The van der Waals surface area contributed by atoms with E-state index in [1.54, 1.807) is 91.0 Å². The molecule has 3 aromatic carbocycles. The number of carbonyl (C=O) groups excluding carboxylic acids is 3. The van der Waals surface area contributed by atoms with Gasteiger partial charge in [0.2, 0.25) is 0 Å². The Morgan fingerprint density at radius 2 is 1.18 bits per heavy atom. The number of hydrogen-bond acceptors (Lipinski definition) is 9. The second kappa shape index (κ2) is 13.5. The van der Waals surface area contributed by atoms with Gasteiger partial charge in [0.25, 0.3) is 0 Å². The van der Waals surface area contributed by atoms with Gasteiger partial charge < -0.3 is 28.8 Å². The highest BCUT2D eigenvalue weighted by atomic mass is 16.7. The normalized spacial score (nSPS) is 22.3. The molecule has 1 N–H and O–H groups in total. The van der Waals surface area contributed by atoms with Gasteiger partial charge in [-0.05, 0) is 36.4 Å². The third-order valence-electron chi connectivity index (χ3n) is 5.91. The first-order valence-corrected chi connectivity index (χ1v) is 12.3. The van der Waals surface area contributed by atoms with Crippen molar-refractivity contribution in [1.82, 2.24) is 0 Å². The number of carbonyl (C=O) groups is 3. The molecule has 1 heterocycles. The molecular formula is C30H28O9. The van der Waals surface area contributed by atoms with Crippen LogP contribution in [0.25, 0.3) is 0 Å². The maximum Gasteiger partial charge on any atom is 0.338 e. The van der Waals surface area contributed by atoms with E-state index in [1.165, 1.54) is 6.08 Å². The van der Waals surface area contributed by atoms with Crippen LogP contribution in [0.3, 0.4) is 0 Å². The lowest BCUT2D eigenvalue weighted by atomic mass is 9.98. The highest BCUT2D eigenvalue weighted by Crippen LogP contribution is 2.29. The van der Waals surface area contributed by atoms with Crippen LogP contribution in [0.15, 0.2) is 104 Å². The van der Waals surface area contributed by atoms with E-state index < -0.39 is 48.6 Å². The molecule has 39 heavy (non-hydrogen) atoms. The zero-order valence-corrected chi connectivity index (χ0v) is 21.0. The van der Waals surface area contributed by atoms with Gasteiger partial charge in [-0.3, -0.25) is 0 Å². The zero-order chi connectivity index (χ0) is 27.6. The third kappa shape index (κ3) is 7.17. The first-order valence-electron chi connectivity index (χ1n) is 12.3. The van der Waals surface area contributed by atoms with Gasteiger partial charge in [-0.15, -0.1) is 6.58 Å². The lowest BCUT2D eigenvalue weighted by molar-refractivity contribution is -0.291. The van der Waals surface area contributed by atoms with Gasteiger partial charge in [-0.2, -0.15) is 0 Å². The van der Waals surface area contributed by atoms with E-state index in [-0.39, 0.29) is 24.3 Å². The average molecular weight is 533 g/mol. The van der Waals surface area contributed by atoms with Crippen molar-refractivity contribution in [2.45, 2.75) is 30.7 Å². The first kappa shape index (κ1) is 27.7. The summed E-state index contributed by atoms with van der Waals surface area (Å²) in [5, 5.41) is 10.9. The molecule has 3 aromatic rings. The minimum atomic E-state index is -1.68. The van der Waals surface area contributed by atoms with E-state index in [9.17, 15) is 19.5 Å². The van der Waals surface area contributed by atoms with Crippen LogP contribution in [0.5, 0.6) is 0 Å². The van der Waals surface area contributed by atoms with Crippen molar-refractivity contribution in [2.24, 2.45) is 0 Å². The molecule has 0 aromatic heterocycles. The Hall–Kier alpha value is -4.31. The molecule has 0 saturated carbocycles. The molecule has 1 aliphatic heterocycles. The summed E-state index contributed by atoms with van der Waals surface area (Å²) in [6.07, 6.45) is -5.18. The molecule has 0 spiro atoms. The average Bonchev–Trinajstić information content (AvgIpc) is 2.98. The molecule has 5 atom stereocenters. The van der Waals surface area contributed by atoms with Crippen molar-refractivity contribution in [3.8, 4) is 0 Å². The van der Waals surface area contributed by atoms with Gasteiger partial charge in [0.15, 0.2) is 18.5 Å². The first-order chi connectivity index (χ1) is 19.0. The number of esters is 3. The Labute approximate surface area is 225 Å². The molecule has 1 unspecified atom stereocenters. The van der Waals surface area contributed by atoms with Crippen LogP contribution in [-0.2, 0) is 23.7 Å². The lowest BCUT2D eigenvalue weighted by Crippen LogP contribution is -2.62. The fourth-order valence-electron chi connectivity index (χ4n) is 4.01. The molecule has 0 bridgehead atoms. The molecule has 1 aliphatic rings. The SMILES string of the molecule is C=CCO[C@H]1[C@H](OC(=O)c2ccccc2)[C@@H](COC(=O)c2ccccc2)OC(O)[C@@H]1OC(=O)c1ccccc1. The van der Waals surface area contributed by atoms with E-state index in [1.807, 2.05) is 0 Å². The second-order valence-corrected chi connectivity index (χ2v) is 8.59. The van der Waals surface area contributed by atoms with Crippen molar-refractivity contribution in [3.05, 3.63) is 120 Å². The van der Waals surface area contributed by atoms with Crippen molar-refractivity contribution < 1.29 is 43.2 Å². The second-order valence-electron chi connectivity index (χ2n) is 8.59. The molecule has 0 radical (unpaired) electrons. The standard InChI is InChI=1S/C30H28O9/c1-2-18-35-25-24(38-28(32)21-14-8-4-9-15-21)23(19-36-27(31)20-12-6-3-7-13-20)37-30(34)26(25)39-29(33)22-16-10-5-11-17-22/h2-17,23-26,30,34H,1,18-19H2/t23-,24-,25+,26-,30?/m1/s1. The van der Waals surface area contributed by atoms with E-state index in [0.29, 0.717) is 5.56 Å². The summed E-state index contributed by atoms with van der Waals surface area (Å²) in [4.78, 5) is 38.5. The van der Waals surface area contributed by atoms with E-state index in [2.05, 4.69) is 6.58 Å². The predicted octanol–water partition coefficient (Wildman–Crippen LogP) is 3.58. The molecule has 1 saturated heterocycles. The van der Waals surface area contributed by atoms with Crippen molar-refractivity contribution in [1.29, 1.82) is 0 Å². The number of aliphatic hydroxyl groups is 1. The van der Waals surface area contributed by atoms with Crippen molar-refractivity contribution >= 4 is 17.9 Å². The lowest BCUT2D eigenvalue weighted by Gasteiger charge is -2.43. The van der Waals surface area contributed by atoms with Crippen LogP contribution >= 0.6 is 0 Å². The van der Waals surface area contributed by atoms with Gasteiger partial charge in [-0.25, -0.2) is 14.4 Å². The summed E-state index contributed by atoms with van der Waals surface area (Å²) in [6.45, 7) is 3.23. The van der Waals surface area contributed by atoms with E-state index >= 15 is 0 Å². The van der Waals surface area contributed by atoms with Gasteiger partial charge in [0.1, 0.15) is 18.8 Å². The Kier molecular flexibility index (Phi) is 9.58. The minimum Gasteiger partial charge on any atom is -0.459 e. The number of hydrogen-bond donors (Lipinski definition) is 1. The molecular weight excluding hydrogens is 504 g/mol. The maximum absolute atomic E-state index is 13.0. The predicted molar refractivity (Wildman–Crippen MR) is 139 cm³/mol. The summed E-state index contributed by atoms with van der Waals surface area (Å²) in [6, 6.07) is 24.7. The molecule has 9 heteroatoms. The van der Waals surface area contributed by atoms with Gasteiger partial charge >= 0.3 is 17.9 Å². The Morgan fingerprint density at radius 3 is 1.67 bits per heavy atom. The number of ether oxygens (including phenoxy) is 5. The van der Waals surface area contributed by atoms with Crippen LogP contribution in [0.1, 0.15) is 31.1 Å². The van der Waals surface area contributed by atoms with Crippen LogP contribution in [-0.4, -0.2) is 66.9 Å². The molecule has 0 amide bonds. The largest absolute Gasteiger partial charge is 0.459 e. The number of aliphatic hydroxyl groups excluding tert-OH is 1. The Morgan fingerprint density at radius 1 is 0.718 bits per heavy atom. The Bertz CT molecular complexity index is 1250. The van der Waals surface area contributed by atoms with Crippen LogP contribution in [0.4, 0.5) is 0 Å². The van der Waals surface area contributed by atoms with Crippen LogP contribution < -0.4 is 0 Å². The van der Waals surface area contributed by atoms with Crippen LogP contribution in [0, 0.1) is 0 Å². The van der Waals surface area contributed by atoms with E-state index in [4.69, 9.17) is 23.7 Å². The van der Waals surface area contributed by atoms with Crippen molar-refractivity contribution in [2.75, 3.05) is 13.2 Å². The molecule has 202 valence electrons. The minimum absolute atomic E-state index is 0.0211. The number of rotatable bonds is 10. The van der Waals surface area contributed by atoms with E-state index in [0.717, 1.165) is 0 Å². The molecule has 0 aliphatic carbocycles. The van der Waals surface area contributed by atoms with Crippen molar-refractivity contribution in [3.63, 3.8) is 0 Å². The topological polar surface area (TPSA) is 118 Å². The Balaban J connectivity index is 1.60.